The molecule has 0 fully saturated rings. The van der Waals surface area contributed by atoms with Gasteiger partial charge < -0.3 is 15.4 Å². The fraction of sp³-hybridized carbons (Fsp3) is 0.533. The summed E-state index contributed by atoms with van der Waals surface area (Å²) in [6.45, 7) is 7.90. The van der Waals surface area contributed by atoms with Gasteiger partial charge in [-0.15, -0.1) is 0 Å². The number of nitrogens with one attached hydrogen (secondary N) is 2. The molecule has 4 heteroatoms. The van der Waals surface area contributed by atoms with Crippen LogP contribution in [0.3, 0.4) is 0 Å². The van der Waals surface area contributed by atoms with Gasteiger partial charge in [0.15, 0.2) is 0 Å². The van der Waals surface area contributed by atoms with Crippen LogP contribution in [0.25, 0.3) is 0 Å². The van der Waals surface area contributed by atoms with Crippen LogP contribution in [0, 0.1) is 5.92 Å². The normalized spacial score (nSPS) is 10.3. The van der Waals surface area contributed by atoms with Crippen molar-refractivity contribution >= 4 is 6.03 Å². The Morgan fingerprint density at radius 2 is 1.89 bits per heavy atom. The van der Waals surface area contributed by atoms with Gasteiger partial charge >= 0.3 is 6.03 Å². The summed E-state index contributed by atoms with van der Waals surface area (Å²) in [5.41, 5.74) is 1.29. The number of carbonyl (C=O) groups is 1. The van der Waals surface area contributed by atoms with Gasteiger partial charge in [0.1, 0.15) is 12.4 Å². The number of rotatable bonds is 7. The van der Waals surface area contributed by atoms with Crippen molar-refractivity contribution in [1.82, 2.24) is 10.6 Å². The molecule has 1 aromatic rings. The second-order valence-electron chi connectivity index (χ2n) is 4.88. The SMILES string of the molecule is CCc1ccc(OCCNC(=O)NCC(C)C)cc1. The first kappa shape index (κ1) is 15.3. The van der Waals surface area contributed by atoms with Gasteiger partial charge in [0.2, 0.25) is 0 Å². The minimum absolute atomic E-state index is 0.140. The molecule has 0 atom stereocenters. The van der Waals surface area contributed by atoms with Crippen LogP contribution < -0.4 is 15.4 Å². The van der Waals surface area contributed by atoms with Gasteiger partial charge in [0, 0.05) is 6.54 Å². The van der Waals surface area contributed by atoms with Crippen LogP contribution >= 0.6 is 0 Å². The fourth-order valence-corrected chi connectivity index (χ4v) is 1.51. The topological polar surface area (TPSA) is 50.4 Å². The van der Waals surface area contributed by atoms with Gasteiger partial charge in [-0.1, -0.05) is 32.9 Å². The highest BCUT2D eigenvalue weighted by molar-refractivity contribution is 5.73. The van der Waals surface area contributed by atoms with E-state index in [1.807, 2.05) is 12.1 Å². The number of urea groups is 1. The molecule has 2 amide bonds. The van der Waals surface area contributed by atoms with E-state index in [0.717, 1.165) is 12.2 Å². The van der Waals surface area contributed by atoms with Gasteiger partial charge in [-0.25, -0.2) is 4.79 Å². The van der Waals surface area contributed by atoms with Crippen LogP contribution in [0.4, 0.5) is 4.79 Å². The highest BCUT2D eigenvalue weighted by Gasteiger charge is 2.00. The molecule has 0 unspecified atom stereocenters. The van der Waals surface area contributed by atoms with Crippen molar-refractivity contribution in [3.05, 3.63) is 29.8 Å². The van der Waals surface area contributed by atoms with Crippen LogP contribution in [-0.4, -0.2) is 25.7 Å². The van der Waals surface area contributed by atoms with Crippen molar-refractivity contribution in [2.45, 2.75) is 27.2 Å². The highest BCUT2D eigenvalue weighted by atomic mass is 16.5. The smallest absolute Gasteiger partial charge is 0.314 e. The Hall–Kier alpha value is -1.71. The average molecular weight is 264 g/mol. The number of hydrogen-bond acceptors (Lipinski definition) is 2. The third kappa shape index (κ3) is 6.70. The summed E-state index contributed by atoms with van der Waals surface area (Å²) in [4.78, 5) is 11.4. The Balaban J connectivity index is 2.14. The summed E-state index contributed by atoms with van der Waals surface area (Å²) in [7, 11) is 0. The Morgan fingerprint density at radius 1 is 1.21 bits per heavy atom. The Bertz CT molecular complexity index is 374. The van der Waals surface area contributed by atoms with Crippen molar-refractivity contribution in [1.29, 1.82) is 0 Å². The molecule has 0 aromatic heterocycles. The van der Waals surface area contributed by atoms with Gasteiger partial charge in [0.05, 0.1) is 6.54 Å². The van der Waals surface area contributed by atoms with E-state index in [0.29, 0.717) is 25.6 Å². The molecule has 0 saturated carbocycles. The molecule has 106 valence electrons. The van der Waals surface area contributed by atoms with E-state index in [-0.39, 0.29) is 6.03 Å². The van der Waals surface area contributed by atoms with Gasteiger partial charge in [0.25, 0.3) is 0 Å². The summed E-state index contributed by atoms with van der Waals surface area (Å²) in [5.74, 6) is 1.29. The highest BCUT2D eigenvalue weighted by Crippen LogP contribution is 2.11. The maximum atomic E-state index is 11.4. The fourth-order valence-electron chi connectivity index (χ4n) is 1.51. The quantitative estimate of drug-likeness (QED) is 0.744. The summed E-state index contributed by atoms with van der Waals surface area (Å²) in [5, 5.41) is 5.55. The Morgan fingerprint density at radius 3 is 2.47 bits per heavy atom. The lowest BCUT2D eigenvalue weighted by Gasteiger charge is -2.10. The molecule has 0 saturated heterocycles. The molecule has 0 aliphatic carbocycles. The molecule has 1 aromatic carbocycles. The summed E-state index contributed by atoms with van der Waals surface area (Å²) >= 11 is 0. The van der Waals surface area contributed by atoms with E-state index < -0.39 is 0 Å². The molecule has 0 heterocycles. The van der Waals surface area contributed by atoms with Crippen LogP contribution in [-0.2, 0) is 6.42 Å². The van der Waals surface area contributed by atoms with Crippen molar-refractivity contribution < 1.29 is 9.53 Å². The molecule has 19 heavy (non-hydrogen) atoms. The molecular weight excluding hydrogens is 240 g/mol. The van der Waals surface area contributed by atoms with E-state index in [4.69, 9.17) is 4.74 Å². The number of hydrogen-bond donors (Lipinski definition) is 2. The molecule has 2 N–H and O–H groups in total. The molecule has 0 spiro atoms. The first-order chi connectivity index (χ1) is 9.11. The molecule has 4 nitrogen and oxygen atoms in total. The first-order valence-electron chi connectivity index (χ1n) is 6.85. The van der Waals surface area contributed by atoms with E-state index in [1.165, 1.54) is 5.56 Å². The number of amides is 2. The van der Waals surface area contributed by atoms with Gasteiger partial charge in [-0.2, -0.15) is 0 Å². The predicted molar refractivity (Wildman–Crippen MR) is 77.6 cm³/mol. The molecule has 0 bridgehead atoms. The van der Waals surface area contributed by atoms with Crippen LogP contribution in [0.2, 0.25) is 0 Å². The van der Waals surface area contributed by atoms with E-state index in [1.54, 1.807) is 0 Å². The molecule has 0 radical (unpaired) electrons. The van der Waals surface area contributed by atoms with E-state index in [9.17, 15) is 4.79 Å². The van der Waals surface area contributed by atoms with Crippen molar-refractivity contribution in [3.63, 3.8) is 0 Å². The number of carbonyl (C=O) groups excluding carboxylic acids is 1. The van der Waals surface area contributed by atoms with Crippen LogP contribution in [0.5, 0.6) is 5.75 Å². The molecular formula is C15H24N2O2. The third-order valence-electron chi connectivity index (χ3n) is 2.66. The number of ether oxygens (including phenoxy) is 1. The van der Waals surface area contributed by atoms with E-state index >= 15 is 0 Å². The zero-order valence-corrected chi connectivity index (χ0v) is 12.0. The monoisotopic (exact) mass is 264 g/mol. The third-order valence-corrected chi connectivity index (χ3v) is 2.66. The van der Waals surface area contributed by atoms with Gasteiger partial charge in [-0.05, 0) is 30.0 Å². The van der Waals surface area contributed by atoms with E-state index in [2.05, 4.69) is 43.5 Å². The summed E-state index contributed by atoms with van der Waals surface area (Å²) in [6.07, 6.45) is 1.03. The van der Waals surface area contributed by atoms with Crippen LogP contribution in [0.1, 0.15) is 26.3 Å². The lowest BCUT2D eigenvalue weighted by Crippen LogP contribution is -2.39. The average Bonchev–Trinajstić information content (AvgIpc) is 2.42. The van der Waals surface area contributed by atoms with Crippen LogP contribution in [0.15, 0.2) is 24.3 Å². The lowest BCUT2D eigenvalue weighted by molar-refractivity contribution is 0.235. The molecule has 0 aliphatic rings. The second kappa shape index (κ2) is 8.40. The Kier molecular flexibility index (Phi) is 6.79. The minimum Gasteiger partial charge on any atom is -0.492 e. The maximum Gasteiger partial charge on any atom is 0.314 e. The number of benzene rings is 1. The summed E-state index contributed by atoms with van der Waals surface area (Å²) in [6, 6.07) is 7.88. The maximum absolute atomic E-state index is 11.4. The minimum atomic E-state index is -0.140. The van der Waals surface area contributed by atoms with Crippen molar-refractivity contribution in [2.24, 2.45) is 5.92 Å². The molecule has 0 aliphatic heterocycles. The Labute approximate surface area is 115 Å². The summed E-state index contributed by atoms with van der Waals surface area (Å²) < 4.78 is 5.54. The predicted octanol–water partition coefficient (Wildman–Crippen LogP) is 2.58. The first-order valence-corrected chi connectivity index (χ1v) is 6.85. The lowest BCUT2D eigenvalue weighted by atomic mass is 10.2. The number of aryl methyl sites for hydroxylation is 1. The largest absolute Gasteiger partial charge is 0.492 e. The molecule has 1 rings (SSSR count). The van der Waals surface area contributed by atoms with Crippen molar-refractivity contribution in [2.75, 3.05) is 19.7 Å². The standard InChI is InChI=1S/C15H24N2O2/c1-4-13-5-7-14(8-6-13)19-10-9-16-15(18)17-11-12(2)3/h5-8,12H,4,9-11H2,1-3H3,(H2,16,17,18). The van der Waals surface area contributed by atoms with Crippen molar-refractivity contribution in [3.8, 4) is 5.75 Å². The second-order valence-corrected chi connectivity index (χ2v) is 4.88. The zero-order chi connectivity index (χ0) is 14.1. The zero-order valence-electron chi connectivity index (χ0n) is 12.0. The van der Waals surface area contributed by atoms with Gasteiger partial charge in [-0.3, -0.25) is 0 Å².